The van der Waals surface area contributed by atoms with Gasteiger partial charge in [0.2, 0.25) is 5.95 Å². The topological polar surface area (TPSA) is 105 Å². The number of nitrogens with one attached hydrogen (secondary N) is 2. The predicted octanol–water partition coefficient (Wildman–Crippen LogP) is 4.03. The van der Waals surface area contributed by atoms with Crippen LogP contribution in [0.5, 0.6) is 0 Å². The molecule has 0 bridgehead atoms. The van der Waals surface area contributed by atoms with E-state index in [2.05, 4.69) is 34.4 Å². The molecule has 0 amide bonds. The zero-order valence-electron chi connectivity index (χ0n) is 18.9. The summed E-state index contributed by atoms with van der Waals surface area (Å²) in [7, 11) is 1.67. The van der Waals surface area contributed by atoms with Crippen molar-refractivity contribution in [2.75, 3.05) is 37.5 Å². The molecule has 8 nitrogen and oxygen atoms in total. The van der Waals surface area contributed by atoms with Crippen LogP contribution in [0.15, 0.2) is 12.3 Å². The van der Waals surface area contributed by atoms with Gasteiger partial charge in [-0.05, 0) is 39.2 Å². The Morgan fingerprint density at radius 3 is 2.68 bits per heavy atom. The Morgan fingerprint density at radius 2 is 2.00 bits per heavy atom. The lowest BCUT2D eigenvalue weighted by molar-refractivity contribution is 0.210. The molecule has 3 aromatic rings. The van der Waals surface area contributed by atoms with Crippen molar-refractivity contribution in [1.82, 2.24) is 19.9 Å². The summed E-state index contributed by atoms with van der Waals surface area (Å²) in [6, 6.07) is 2.12. The minimum atomic E-state index is 0.134. The summed E-state index contributed by atoms with van der Waals surface area (Å²) in [6.45, 7) is 9.55. The molecule has 0 aliphatic heterocycles. The fraction of sp³-hybridized carbons (Fsp3) is 0.545. The van der Waals surface area contributed by atoms with E-state index >= 15 is 0 Å². The Morgan fingerprint density at radius 1 is 1.19 bits per heavy atom. The number of hydrogen-bond donors (Lipinski definition) is 3. The van der Waals surface area contributed by atoms with Gasteiger partial charge in [-0.25, -0.2) is 9.97 Å². The van der Waals surface area contributed by atoms with Crippen LogP contribution in [0.3, 0.4) is 0 Å². The highest BCUT2D eigenvalue weighted by Crippen LogP contribution is 2.37. The first-order chi connectivity index (χ1) is 15.0. The summed E-state index contributed by atoms with van der Waals surface area (Å²) in [4.78, 5) is 18.7. The number of rotatable bonds is 11. The molecule has 0 fully saturated rings. The van der Waals surface area contributed by atoms with Gasteiger partial charge in [-0.3, -0.25) is 4.98 Å². The largest absolute Gasteiger partial charge is 0.396 e. The number of pyridine rings is 1. The molecule has 9 heteroatoms. The minimum absolute atomic E-state index is 0.134. The van der Waals surface area contributed by atoms with E-state index < -0.39 is 0 Å². The molecule has 0 aliphatic carbocycles. The Hall–Kier alpha value is -2.36. The van der Waals surface area contributed by atoms with Crippen LogP contribution in [0.4, 0.5) is 11.8 Å². The molecular weight excluding hydrogens is 412 g/mol. The molecule has 3 N–H and O–H groups in total. The number of thiazole rings is 1. The molecule has 0 saturated heterocycles. The van der Waals surface area contributed by atoms with E-state index in [-0.39, 0.29) is 18.6 Å². The Kier molecular flexibility index (Phi) is 8.11. The summed E-state index contributed by atoms with van der Waals surface area (Å²) in [5.74, 6) is 1.56. The van der Waals surface area contributed by atoms with Crippen LogP contribution in [0.25, 0.3) is 20.8 Å². The second kappa shape index (κ2) is 10.8. The third-order valence-electron chi connectivity index (χ3n) is 5.29. The van der Waals surface area contributed by atoms with Gasteiger partial charge in [-0.1, -0.05) is 13.3 Å². The summed E-state index contributed by atoms with van der Waals surface area (Å²) in [5, 5.41) is 17.3. The second-order valence-corrected chi connectivity index (χ2v) is 8.81. The van der Waals surface area contributed by atoms with E-state index in [4.69, 9.17) is 14.7 Å². The van der Waals surface area contributed by atoms with Gasteiger partial charge in [0.15, 0.2) is 0 Å². The van der Waals surface area contributed by atoms with Gasteiger partial charge in [0.1, 0.15) is 16.3 Å². The fourth-order valence-electron chi connectivity index (χ4n) is 3.53. The highest BCUT2D eigenvalue weighted by molar-refractivity contribution is 7.21. The number of hydrogen-bond acceptors (Lipinski definition) is 9. The van der Waals surface area contributed by atoms with Gasteiger partial charge >= 0.3 is 0 Å². The average Bonchev–Trinajstić information content (AvgIpc) is 3.17. The molecule has 31 heavy (non-hydrogen) atoms. The molecule has 2 unspecified atom stereocenters. The highest BCUT2D eigenvalue weighted by Gasteiger charge is 2.20. The van der Waals surface area contributed by atoms with Crippen molar-refractivity contribution in [2.45, 2.75) is 46.6 Å². The highest BCUT2D eigenvalue weighted by atomic mass is 32.1. The number of aromatic nitrogens is 4. The van der Waals surface area contributed by atoms with E-state index in [1.54, 1.807) is 18.4 Å². The molecule has 168 valence electrons. The van der Waals surface area contributed by atoms with E-state index in [1.807, 2.05) is 26.1 Å². The van der Waals surface area contributed by atoms with Gasteiger partial charge < -0.3 is 20.5 Å². The van der Waals surface area contributed by atoms with Crippen molar-refractivity contribution in [3.8, 4) is 10.6 Å². The number of methoxy groups -OCH3 is 1. The Bertz CT molecular complexity index is 1010. The van der Waals surface area contributed by atoms with E-state index in [1.165, 1.54) is 0 Å². The third-order valence-corrected chi connectivity index (χ3v) is 6.33. The summed E-state index contributed by atoms with van der Waals surface area (Å²) in [5.41, 5.74) is 3.58. The normalized spacial score (nSPS) is 13.4. The van der Waals surface area contributed by atoms with E-state index in [9.17, 15) is 5.11 Å². The van der Waals surface area contributed by atoms with Crippen molar-refractivity contribution in [3.05, 3.63) is 23.7 Å². The predicted molar refractivity (Wildman–Crippen MR) is 127 cm³/mol. The molecule has 3 aromatic heterocycles. The minimum Gasteiger partial charge on any atom is -0.396 e. The van der Waals surface area contributed by atoms with Crippen LogP contribution >= 0.6 is 11.3 Å². The Balaban J connectivity index is 2.00. The number of fused-ring (bicyclic) bond motifs is 1. The van der Waals surface area contributed by atoms with Gasteiger partial charge in [0.05, 0.1) is 28.3 Å². The first kappa shape index (κ1) is 23.3. The monoisotopic (exact) mass is 444 g/mol. The lowest BCUT2D eigenvalue weighted by atomic mass is 9.99. The van der Waals surface area contributed by atoms with Crippen molar-refractivity contribution in [3.63, 3.8) is 0 Å². The number of aliphatic hydroxyl groups is 1. The molecular formula is C22H32N6O2S. The van der Waals surface area contributed by atoms with Crippen molar-refractivity contribution < 1.29 is 9.84 Å². The smallest absolute Gasteiger partial charge is 0.224 e. The maximum Gasteiger partial charge on any atom is 0.224 e. The van der Waals surface area contributed by atoms with Gasteiger partial charge in [0, 0.05) is 32.5 Å². The SMILES string of the molecule is CCC(CO)CC(C)Nc1nc(NCCOC)nc(C)c1-c1nc2c(C)nccc2s1. The maximum atomic E-state index is 9.60. The zero-order chi connectivity index (χ0) is 22.4. The number of aliphatic hydroxyl groups excluding tert-OH is 1. The lowest BCUT2D eigenvalue weighted by Crippen LogP contribution is -2.23. The molecule has 0 aromatic carbocycles. The Labute approximate surface area is 187 Å². The van der Waals surface area contributed by atoms with Crippen LogP contribution < -0.4 is 10.6 Å². The van der Waals surface area contributed by atoms with Crippen LogP contribution in [-0.2, 0) is 4.74 Å². The van der Waals surface area contributed by atoms with Crippen LogP contribution in [0.1, 0.15) is 38.1 Å². The van der Waals surface area contributed by atoms with Crippen LogP contribution in [-0.4, -0.2) is 58.0 Å². The summed E-state index contributed by atoms with van der Waals surface area (Å²) in [6.07, 6.45) is 3.60. The molecule has 0 saturated carbocycles. The third kappa shape index (κ3) is 5.66. The van der Waals surface area contributed by atoms with E-state index in [0.717, 1.165) is 50.8 Å². The molecule has 0 spiro atoms. The average molecular weight is 445 g/mol. The molecule has 2 atom stereocenters. The number of aryl methyl sites for hydroxylation is 2. The van der Waals surface area contributed by atoms with E-state index in [0.29, 0.717) is 19.1 Å². The molecule has 3 heterocycles. The molecule has 0 aliphatic rings. The van der Waals surface area contributed by atoms with Crippen LogP contribution in [0, 0.1) is 19.8 Å². The van der Waals surface area contributed by atoms with Crippen molar-refractivity contribution in [2.24, 2.45) is 5.92 Å². The van der Waals surface area contributed by atoms with Gasteiger partial charge in [-0.2, -0.15) is 4.98 Å². The number of ether oxygens (including phenoxy) is 1. The van der Waals surface area contributed by atoms with Crippen molar-refractivity contribution in [1.29, 1.82) is 0 Å². The lowest BCUT2D eigenvalue weighted by Gasteiger charge is -2.21. The maximum absolute atomic E-state index is 9.60. The second-order valence-electron chi connectivity index (χ2n) is 7.78. The summed E-state index contributed by atoms with van der Waals surface area (Å²) >= 11 is 1.62. The molecule has 3 rings (SSSR count). The zero-order valence-corrected chi connectivity index (χ0v) is 19.7. The number of anilines is 2. The first-order valence-electron chi connectivity index (χ1n) is 10.7. The van der Waals surface area contributed by atoms with Crippen LogP contribution in [0.2, 0.25) is 0 Å². The molecule has 0 radical (unpaired) electrons. The quantitative estimate of drug-likeness (QED) is 0.381. The first-order valence-corrected chi connectivity index (χ1v) is 11.5. The number of nitrogens with zero attached hydrogens (tertiary/aromatic N) is 4. The van der Waals surface area contributed by atoms with Gasteiger partial charge in [0.25, 0.3) is 0 Å². The summed E-state index contributed by atoms with van der Waals surface area (Å²) < 4.78 is 6.22. The van der Waals surface area contributed by atoms with Gasteiger partial charge in [-0.15, -0.1) is 11.3 Å². The van der Waals surface area contributed by atoms with Crippen molar-refractivity contribution >= 4 is 33.3 Å². The fourth-order valence-corrected chi connectivity index (χ4v) is 4.64. The standard InChI is InChI=1S/C22H32N6O2S/c1-6-16(12-29)11-13(2)25-20-18(14(3)26-22(28-20)24-9-10-30-5)21-27-19-15(4)23-8-7-17(19)31-21/h7-8,13,16,29H,6,9-12H2,1-5H3,(H2,24,25,26,28).